The van der Waals surface area contributed by atoms with E-state index in [1.807, 2.05) is 38.1 Å². The molecular weight excluding hydrogens is 298 g/mol. The molecule has 0 saturated heterocycles. The van der Waals surface area contributed by atoms with Crippen LogP contribution in [0.2, 0.25) is 0 Å². The van der Waals surface area contributed by atoms with Crippen LogP contribution in [0.1, 0.15) is 53.6 Å². The molecule has 2 aromatic rings. The molecule has 4 heteroatoms. The van der Waals surface area contributed by atoms with Gasteiger partial charge >= 0.3 is 0 Å². The van der Waals surface area contributed by atoms with E-state index in [1.54, 1.807) is 12.4 Å². The molecule has 0 spiro atoms. The number of nitrogens with one attached hydrogen (secondary N) is 2. The normalized spacial score (nSPS) is 15.1. The van der Waals surface area contributed by atoms with Gasteiger partial charge in [0.2, 0.25) is 0 Å². The number of aromatic nitrogens is 1. The molecule has 3 rings (SSSR count). The molecule has 1 aliphatic carbocycles. The highest BCUT2D eigenvalue weighted by Gasteiger charge is 2.15. The minimum atomic E-state index is -0.118. The van der Waals surface area contributed by atoms with Crippen molar-refractivity contribution in [2.45, 2.75) is 52.0 Å². The van der Waals surface area contributed by atoms with Crippen molar-refractivity contribution in [3.8, 4) is 0 Å². The van der Waals surface area contributed by atoms with Gasteiger partial charge in [-0.1, -0.05) is 37.5 Å². The van der Waals surface area contributed by atoms with Crippen LogP contribution in [0.25, 0.3) is 0 Å². The van der Waals surface area contributed by atoms with Crippen LogP contribution in [0, 0.1) is 13.8 Å². The zero-order valence-electron chi connectivity index (χ0n) is 14.4. The quantitative estimate of drug-likeness (QED) is 0.858. The summed E-state index contributed by atoms with van der Waals surface area (Å²) in [5.41, 5.74) is 4.52. The first-order chi connectivity index (χ1) is 11.6. The number of aryl methyl sites for hydroxylation is 2. The fourth-order valence-corrected chi connectivity index (χ4v) is 3.32. The number of rotatable bonds is 4. The maximum absolute atomic E-state index is 12.6. The summed E-state index contributed by atoms with van der Waals surface area (Å²) in [5, 5.41) is 6.54. The summed E-state index contributed by atoms with van der Waals surface area (Å²) in [5.74, 6) is -0.118. The van der Waals surface area contributed by atoms with E-state index < -0.39 is 0 Å². The first-order valence-electron chi connectivity index (χ1n) is 8.72. The zero-order chi connectivity index (χ0) is 16.9. The first kappa shape index (κ1) is 16.5. The Balaban J connectivity index is 1.72. The minimum Gasteiger partial charge on any atom is -0.381 e. The molecule has 1 aliphatic rings. The fraction of sp³-hybridized carbons (Fsp3) is 0.400. The Kier molecular flexibility index (Phi) is 5.14. The molecule has 0 aliphatic heterocycles. The average molecular weight is 323 g/mol. The summed E-state index contributed by atoms with van der Waals surface area (Å²) >= 11 is 0. The predicted molar refractivity (Wildman–Crippen MR) is 98.6 cm³/mol. The van der Waals surface area contributed by atoms with Gasteiger partial charge in [-0.05, 0) is 43.9 Å². The second-order valence-electron chi connectivity index (χ2n) is 6.66. The molecule has 24 heavy (non-hydrogen) atoms. The molecule has 0 atom stereocenters. The lowest BCUT2D eigenvalue weighted by Crippen LogP contribution is -2.22. The Labute approximate surface area is 143 Å². The smallest absolute Gasteiger partial charge is 0.257 e. The number of carbonyl (C=O) groups is 1. The number of amides is 1. The maximum atomic E-state index is 12.6. The third kappa shape index (κ3) is 3.94. The molecule has 0 unspecified atom stereocenters. The van der Waals surface area contributed by atoms with Crippen molar-refractivity contribution in [2.24, 2.45) is 0 Å². The van der Waals surface area contributed by atoms with Crippen LogP contribution >= 0.6 is 0 Å². The van der Waals surface area contributed by atoms with Gasteiger partial charge in [0.1, 0.15) is 0 Å². The standard InChI is InChI=1S/C20H25N3O/c1-14-7-6-8-15(2)19(14)23-20(24)16-11-18(13-21-12-16)22-17-9-4-3-5-10-17/h6-8,11-13,17,22H,3-5,9-10H2,1-2H3,(H,23,24). The number of hydrogen-bond acceptors (Lipinski definition) is 3. The summed E-state index contributed by atoms with van der Waals surface area (Å²) in [7, 11) is 0. The molecule has 1 amide bonds. The molecule has 0 radical (unpaired) electrons. The van der Waals surface area contributed by atoms with Gasteiger partial charge in [-0.25, -0.2) is 0 Å². The molecule has 1 aromatic heterocycles. The van der Waals surface area contributed by atoms with Gasteiger partial charge in [-0.2, -0.15) is 0 Å². The van der Waals surface area contributed by atoms with E-state index in [2.05, 4.69) is 15.6 Å². The minimum absolute atomic E-state index is 0.118. The van der Waals surface area contributed by atoms with Gasteiger partial charge in [-0.3, -0.25) is 9.78 Å². The molecule has 1 fully saturated rings. The number of para-hydroxylation sites is 1. The van der Waals surface area contributed by atoms with E-state index in [4.69, 9.17) is 0 Å². The SMILES string of the molecule is Cc1cccc(C)c1NC(=O)c1cncc(NC2CCCCC2)c1. The molecule has 1 saturated carbocycles. The van der Waals surface area contributed by atoms with Gasteiger partial charge in [0, 0.05) is 24.1 Å². The Hall–Kier alpha value is -2.36. The highest BCUT2D eigenvalue weighted by Crippen LogP contribution is 2.23. The monoisotopic (exact) mass is 323 g/mol. The molecule has 1 heterocycles. The van der Waals surface area contributed by atoms with E-state index >= 15 is 0 Å². The fourth-order valence-electron chi connectivity index (χ4n) is 3.32. The number of carbonyl (C=O) groups excluding carboxylic acids is 1. The van der Waals surface area contributed by atoms with Crippen molar-refractivity contribution in [1.82, 2.24) is 4.98 Å². The summed E-state index contributed by atoms with van der Waals surface area (Å²) in [4.78, 5) is 16.8. The van der Waals surface area contributed by atoms with Gasteiger partial charge in [0.05, 0.1) is 11.3 Å². The highest BCUT2D eigenvalue weighted by atomic mass is 16.1. The summed E-state index contributed by atoms with van der Waals surface area (Å²) < 4.78 is 0. The van der Waals surface area contributed by atoms with E-state index in [1.165, 1.54) is 32.1 Å². The lowest BCUT2D eigenvalue weighted by Gasteiger charge is -2.23. The molecule has 2 N–H and O–H groups in total. The Morgan fingerprint density at radius 1 is 1.08 bits per heavy atom. The zero-order valence-corrected chi connectivity index (χ0v) is 14.4. The second kappa shape index (κ2) is 7.47. The van der Waals surface area contributed by atoms with Crippen LogP contribution in [0.3, 0.4) is 0 Å². The van der Waals surface area contributed by atoms with Crippen LogP contribution < -0.4 is 10.6 Å². The Bertz CT molecular complexity index is 700. The van der Waals surface area contributed by atoms with Crippen LogP contribution in [0.15, 0.2) is 36.7 Å². The van der Waals surface area contributed by atoms with Crippen LogP contribution in [-0.4, -0.2) is 16.9 Å². The molecule has 4 nitrogen and oxygen atoms in total. The second-order valence-corrected chi connectivity index (χ2v) is 6.66. The van der Waals surface area contributed by atoms with Gasteiger partial charge in [0.15, 0.2) is 0 Å². The molecule has 126 valence electrons. The van der Waals surface area contributed by atoms with E-state index in [-0.39, 0.29) is 5.91 Å². The molecule has 1 aromatic carbocycles. The number of hydrogen-bond donors (Lipinski definition) is 2. The predicted octanol–water partition coefficient (Wildman–Crippen LogP) is 4.70. The maximum Gasteiger partial charge on any atom is 0.257 e. The average Bonchev–Trinajstić information content (AvgIpc) is 2.59. The molecule has 0 bridgehead atoms. The number of pyridine rings is 1. The number of anilines is 2. The van der Waals surface area contributed by atoms with Crippen molar-refractivity contribution in [3.63, 3.8) is 0 Å². The van der Waals surface area contributed by atoms with Crippen molar-refractivity contribution in [3.05, 3.63) is 53.3 Å². The van der Waals surface area contributed by atoms with Crippen LogP contribution in [0.4, 0.5) is 11.4 Å². The summed E-state index contributed by atoms with van der Waals surface area (Å²) in [6, 6.07) is 8.39. The lowest BCUT2D eigenvalue weighted by molar-refractivity contribution is 0.102. The van der Waals surface area contributed by atoms with E-state index in [9.17, 15) is 4.79 Å². The van der Waals surface area contributed by atoms with Crippen LogP contribution in [0.5, 0.6) is 0 Å². The van der Waals surface area contributed by atoms with Crippen molar-refractivity contribution in [2.75, 3.05) is 10.6 Å². The van der Waals surface area contributed by atoms with Gasteiger partial charge in [-0.15, -0.1) is 0 Å². The Morgan fingerprint density at radius 3 is 2.50 bits per heavy atom. The number of benzene rings is 1. The third-order valence-corrected chi connectivity index (χ3v) is 4.70. The molecular formula is C20H25N3O. The third-order valence-electron chi connectivity index (χ3n) is 4.70. The number of nitrogens with zero attached hydrogens (tertiary/aromatic N) is 1. The summed E-state index contributed by atoms with van der Waals surface area (Å²) in [6.45, 7) is 4.00. The van der Waals surface area contributed by atoms with E-state index in [0.29, 0.717) is 11.6 Å². The summed E-state index contributed by atoms with van der Waals surface area (Å²) in [6.07, 6.45) is 9.68. The van der Waals surface area contributed by atoms with Gasteiger partial charge < -0.3 is 10.6 Å². The lowest BCUT2D eigenvalue weighted by atomic mass is 9.95. The van der Waals surface area contributed by atoms with Crippen LogP contribution in [-0.2, 0) is 0 Å². The first-order valence-corrected chi connectivity index (χ1v) is 8.72. The van der Waals surface area contributed by atoms with E-state index in [0.717, 1.165) is 22.5 Å². The van der Waals surface area contributed by atoms with Crippen molar-refractivity contribution < 1.29 is 4.79 Å². The largest absolute Gasteiger partial charge is 0.381 e. The topological polar surface area (TPSA) is 54.0 Å². The van der Waals surface area contributed by atoms with Crippen molar-refractivity contribution in [1.29, 1.82) is 0 Å². The van der Waals surface area contributed by atoms with Gasteiger partial charge in [0.25, 0.3) is 5.91 Å². The highest BCUT2D eigenvalue weighted by molar-refractivity contribution is 6.05. The Morgan fingerprint density at radius 2 is 1.79 bits per heavy atom. The van der Waals surface area contributed by atoms with Crippen molar-refractivity contribution >= 4 is 17.3 Å².